The van der Waals surface area contributed by atoms with Crippen molar-refractivity contribution in [1.82, 2.24) is 20.1 Å². The Hall–Kier alpha value is -4.98. The molecule has 40 heavy (non-hydrogen) atoms. The molecular weight excluding hydrogens is 521 g/mol. The van der Waals surface area contributed by atoms with E-state index in [9.17, 15) is 28.0 Å². The van der Waals surface area contributed by atoms with Crippen molar-refractivity contribution in [2.24, 2.45) is 5.73 Å². The summed E-state index contributed by atoms with van der Waals surface area (Å²) in [4.78, 5) is 29.5. The molecule has 1 aliphatic rings. The zero-order valence-corrected chi connectivity index (χ0v) is 21.1. The van der Waals surface area contributed by atoms with Crippen molar-refractivity contribution in [3.05, 3.63) is 106 Å². The second-order valence-electron chi connectivity index (χ2n) is 9.49. The van der Waals surface area contributed by atoms with Gasteiger partial charge >= 0.3 is 0 Å². The third kappa shape index (κ3) is 5.42. The van der Waals surface area contributed by atoms with Crippen LogP contribution in [0.25, 0.3) is 11.1 Å². The van der Waals surface area contributed by atoms with Crippen LogP contribution in [-0.2, 0) is 30.6 Å². The van der Waals surface area contributed by atoms with Crippen molar-refractivity contribution >= 4 is 11.8 Å². The van der Waals surface area contributed by atoms with Gasteiger partial charge in [0.2, 0.25) is 5.91 Å². The van der Waals surface area contributed by atoms with Gasteiger partial charge < -0.3 is 11.1 Å². The van der Waals surface area contributed by atoms with E-state index >= 15 is 0 Å². The van der Waals surface area contributed by atoms with Crippen LogP contribution in [0.3, 0.4) is 0 Å². The van der Waals surface area contributed by atoms with E-state index in [0.29, 0.717) is 28.9 Å². The minimum atomic E-state index is -0.951. The molecule has 0 bridgehead atoms. The average Bonchev–Trinajstić information content (AvgIpc) is 3.52. The van der Waals surface area contributed by atoms with Gasteiger partial charge in [-0.25, -0.2) is 13.2 Å². The fraction of sp³-hybridized carbons (Fsp3) is 0.207. The van der Waals surface area contributed by atoms with Gasteiger partial charge in [-0.1, -0.05) is 12.1 Å². The van der Waals surface area contributed by atoms with Crippen LogP contribution in [0.1, 0.15) is 51.0 Å². The first kappa shape index (κ1) is 26.6. The summed E-state index contributed by atoms with van der Waals surface area (Å²) in [6.45, 7) is -0.178. The predicted octanol–water partition coefficient (Wildman–Crippen LogP) is 3.92. The van der Waals surface area contributed by atoms with Gasteiger partial charge in [0, 0.05) is 29.1 Å². The van der Waals surface area contributed by atoms with Crippen molar-refractivity contribution in [2.45, 2.75) is 38.3 Å². The molecule has 1 atom stereocenters. The zero-order valence-electron chi connectivity index (χ0n) is 21.1. The van der Waals surface area contributed by atoms with Gasteiger partial charge in [0.1, 0.15) is 30.1 Å². The highest BCUT2D eigenvalue weighted by Gasteiger charge is 2.26. The highest BCUT2D eigenvalue weighted by Crippen LogP contribution is 2.31. The monoisotopic (exact) mass is 544 g/mol. The molecule has 2 heterocycles. The predicted molar refractivity (Wildman–Crippen MR) is 138 cm³/mol. The molecule has 0 saturated heterocycles. The molecule has 2 aromatic heterocycles. The normalized spacial score (nSPS) is 12.9. The number of amides is 2. The van der Waals surface area contributed by atoms with Crippen molar-refractivity contribution < 1.29 is 22.8 Å². The number of nitrogens with one attached hydrogen (secondary N) is 1. The molecule has 2 aromatic carbocycles. The van der Waals surface area contributed by atoms with E-state index in [1.54, 1.807) is 12.1 Å². The summed E-state index contributed by atoms with van der Waals surface area (Å²) in [5.41, 5.74) is 8.44. The molecule has 5 rings (SSSR count). The van der Waals surface area contributed by atoms with Crippen LogP contribution >= 0.6 is 0 Å². The van der Waals surface area contributed by atoms with Crippen LogP contribution in [0, 0.1) is 28.8 Å². The summed E-state index contributed by atoms with van der Waals surface area (Å²) in [5, 5.41) is 16.6. The van der Waals surface area contributed by atoms with E-state index in [-0.39, 0.29) is 24.1 Å². The molecule has 1 aliphatic carbocycles. The molecule has 0 spiro atoms. The Kier molecular flexibility index (Phi) is 7.33. The molecule has 202 valence electrons. The Morgan fingerprint density at radius 2 is 1.88 bits per heavy atom. The smallest absolute Gasteiger partial charge is 0.251 e. The molecule has 0 aliphatic heterocycles. The highest BCUT2D eigenvalue weighted by atomic mass is 19.1. The SMILES string of the molecule is N#Cc1nn(CC(=O)N[C@@H](Cc2cc(F)cc(F)c2)c2ncccc2-c2ccc(F)c(C(N)=O)c2)c2c1CCC2. The van der Waals surface area contributed by atoms with Crippen molar-refractivity contribution in [3.63, 3.8) is 0 Å². The minimum absolute atomic E-state index is 0.0328. The van der Waals surface area contributed by atoms with Crippen LogP contribution < -0.4 is 11.1 Å². The second-order valence-corrected chi connectivity index (χ2v) is 9.49. The van der Waals surface area contributed by atoms with Crippen LogP contribution in [0.2, 0.25) is 0 Å². The topological polar surface area (TPSA) is 127 Å². The molecule has 0 saturated carbocycles. The lowest BCUT2D eigenvalue weighted by Crippen LogP contribution is -2.34. The van der Waals surface area contributed by atoms with E-state index in [1.807, 2.05) is 0 Å². The lowest BCUT2D eigenvalue weighted by molar-refractivity contribution is -0.122. The van der Waals surface area contributed by atoms with Crippen molar-refractivity contribution in [1.29, 1.82) is 5.26 Å². The number of rotatable bonds is 8. The van der Waals surface area contributed by atoms with Gasteiger partial charge in [0.15, 0.2) is 5.69 Å². The number of fused-ring (bicyclic) bond motifs is 1. The Morgan fingerprint density at radius 3 is 2.60 bits per heavy atom. The van der Waals surface area contributed by atoms with Gasteiger partial charge in [0.05, 0.1) is 17.3 Å². The maximum Gasteiger partial charge on any atom is 0.251 e. The molecule has 11 heteroatoms. The first-order valence-electron chi connectivity index (χ1n) is 12.5. The number of pyridine rings is 1. The van der Waals surface area contributed by atoms with E-state index in [0.717, 1.165) is 48.4 Å². The Balaban J connectivity index is 1.52. The molecule has 0 radical (unpaired) electrons. The lowest BCUT2D eigenvalue weighted by atomic mass is 9.94. The van der Waals surface area contributed by atoms with E-state index in [2.05, 4.69) is 21.5 Å². The maximum atomic E-state index is 14.2. The Labute approximate surface area is 227 Å². The van der Waals surface area contributed by atoms with Gasteiger partial charge in [-0.15, -0.1) is 0 Å². The molecule has 8 nitrogen and oxygen atoms in total. The number of primary amides is 1. The quantitative estimate of drug-likeness (QED) is 0.348. The summed E-state index contributed by atoms with van der Waals surface area (Å²) in [7, 11) is 0. The molecule has 0 unspecified atom stereocenters. The summed E-state index contributed by atoms with van der Waals surface area (Å²) in [5.74, 6) is -3.75. The first-order chi connectivity index (χ1) is 19.2. The number of hydrogen-bond acceptors (Lipinski definition) is 5. The number of carbonyl (C=O) groups is 2. The summed E-state index contributed by atoms with van der Waals surface area (Å²) in [6, 6.07) is 11.4. The summed E-state index contributed by atoms with van der Waals surface area (Å²) < 4.78 is 43.8. The minimum Gasteiger partial charge on any atom is -0.366 e. The van der Waals surface area contributed by atoms with Gasteiger partial charge in [-0.05, 0) is 67.1 Å². The second kappa shape index (κ2) is 11.0. The molecule has 0 fully saturated rings. The third-order valence-corrected chi connectivity index (χ3v) is 6.81. The Morgan fingerprint density at radius 1 is 1.10 bits per heavy atom. The number of nitrogens with zero attached hydrogens (tertiary/aromatic N) is 4. The van der Waals surface area contributed by atoms with Gasteiger partial charge in [-0.2, -0.15) is 10.4 Å². The molecule has 4 aromatic rings. The number of nitrogens with two attached hydrogens (primary N) is 1. The van der Waals surface area contributed by atoms with Gasteiger partial charge in [-0.3, -0.25) is 19.3 Å². The van der Waals surface area contributed by atoms with Crippen molar-refractivity contribution in [2.75, 3.05) is 0 Å². The molecule has 2 amide bonds. The average molecular weight is 545 g/mol. The standard InChI is InChI=1S/C29H23F3N6O2/c30-18-9-16(10-19(31)13-18)11-24(36-27(39)15-38-26-5-1-3-21(26)25(14-33)37-38)28-20(4-2-8-35-28)17-6-7-23(32)22(12-17)29(34)40/h2,4,6-10,12-13,24H,1,3,5,11,15H2,(H2,34,40)(H,36,39)/t24-/m0/s1. The number of aromatic nitrogens is 3. The zero-order chi connectivity index (χ0) is 28.4. The van der Waals surface area contributed by atoms with Crippen molar-refractivity contribution in [3.8, 4) is 17.2 Å². The largest absolute Gasteiger partial charge is 0.366 e. The van der Waals surface area contributed by atoms with Crippen LogP contribution in [0.5, 0.6) is 0 Å². The highest BCUT2D eigenvalue weighted by molar-refractivity contribution is 5.94. The molecular formula is C29H23F3N6O2. The summed E-state index contributed by atoms with van der Waals surface area (Å²) >= 11 is 0. The number of benzene rings is 2. The summed E-state index contributed by atoms with van der Waals surface area (Å²) in [6.07, 6.45) is 3.73. The number of halogens is 3. The number of hydrogen-bond donors (Lipinski definition) is 2. The van der Waals surface area contributed by atoms with Gasteiger partial charge in [0.25, 0.3) is 5.91 Å². The van der Waals surface area contributed by atoms with Crippen LogP contribution in [-0.4, -0.2) is 26.6 Å². The lowest BCUT2D eigenvalue weighted by Gasteiger charge is -2.22. The fourth-order valence-corrected chi connectivity index (χ4v) is 5.11. The van der Waals surface area contributed by atoms with Crippen LogP contribution in [0.4, 0.5) is 13.2 Å². The number of carbonyl (C=O) groups excluding carboxylic acids is 2. The third-order valence-electron chi connectivity index (χ3n) is 6.81. The molecule has 3 N–H and O–H groups in total. The fourth-order valence-electron chi connectivity index (χ4n) is 5.11. The first-order valence-corrected chi connectivity index (χ1v) is 12.5. The Bertz CT molecular complexity index is 1660. The van der Waals surface area contributed by atoms with E-state index in [1.165, 1.54) is 23.0 Å². The number of nitriles is 1. The van der Waals surface area contributed by atoms with E-state index in [4.69, 9.17) is 5.73 Å². The van der Waals surface area contributed by atoms with Crippen LogP contribution in [0.15, 0.2) is 54.7 Å². The maximum absolute atomic E-state index is 14.2. The van der Waals surface area contributed by atoms with E-state index < -0.39 is 35.3 Å².